The van der Waals surface area contributed by atoms with Gasteiger partial charge in [0.25, 0.3) is 0 Å². The molecule has 1 aromatic carbocycles. The van der Waals surface area contributed by atoms with Crippen molar-refractivity contribution in [1.82, 2.24) is 5.32 Å². The summed E-state index contributed by atoms with van der Waals surface area (Å²) in [5, 5.41) is 2.65. The molecule has 0 bridgehead atoms. The predicted octanol–water partition coefficient (Wildman–Crippen LogP) is 3.39. The molecule has 0 saturated heterocycles. The number of rotatable bonds is 7. The minimum atomic E-state index is -0.678. The summed E-state index contributed by atoms with van der Waals surface area (Å²) < 4.78 is 13.8. The molecule has 0 saturated carbocycles. The van der Waals surface area contributed by atoms with E-state index in [1.807, 2.05) is 6.08 Å². The number of nitrogens with one attached hydrogen (secondary N) is 1. The average molecular weight is 363 g/mol. The van der Waals surface area contributed by atoms with Crippen LogP contribution in [0.4, 0.5) is 4.39 Å². The monoisotopic (exact) mass is 363 g/mol. The molecular formula is C18H18FNO2S2. The Kier molecular flexibility index (Phi) is 7.34. The third kappa shape index (κ3) is 6.02. The largest absolute Gasteiger partial charge is 0.346 e. The van der Waals surface area contributed by atoms with Crippen molar-refractivity contribution in [3.63, 3.8) is 0 Å². The van der Waals surface area contributed by atoms with E-state index in [9.17, 15) is 14.0 Å². The topological polar surface area (TPSA) is 46.2 Å². The van der Waals surface area contributed by atoms with E-state index < -0.39 is 6.04 Å². The van der Waals surface area contributed by atoms with E-state index >= 15 is 0 Å². The Bertz CT molecular complexity index is 685. The lowest BCUT2D eigenvalue weighted by atomic mass is 10.1. The van der Waals surface area contributed by atoms with E-state index in [0.29, 0.717) is 16.0 Å². The van der Waals surface area contributed by atoms with Gasteiger partial charge in [-0.25, -0.2) is 4.39 Å². The lowest BCUT2D eigenvalue weighted by Gasteiger charge is -2.13. The van der Waals surface area contributed by atoms with Crippen molar-refractivity contribution in [3.8, 4) is 0 Å². The van der Waals surface area contributed by atoms with Crippen LogP contribution in [-0.4, -0.2) is 28.2 Å². The third-order valence-electron chi connectivity index (χ3n) is 3.42. The summed E-state index contributed by atoms with van der Waals surface area (Å²) in [6.07, 6.45) is 8.98. The fourth-order valence-corrected chi connectivity index (χ4v) is 3.27. The van der Waals surface area contributed by atoms with Crippen molar-refractivity contribution in [2.24, 2.45) is 0 Å². The summed E-state index contributed by atoms with van der Waals surface area (Å²) in [6.45, 7) is 0. The van der Waals surface area contributed by atoms with Crippen molar-refractivity contribution in [2.45, 2.75) is 25.3 Å². The van der Waals surface area contributed by atoms with Crippen LogP contribution in [-0.2, 0) is 16.0 Å². The predicted molar refractivity (Wildman–Crippen MR) is 99.6 cm³/mol. The molecule has 1 amide bonds. The lowest BCUT2D eigenvalue weighted by Crippen LogP contribution is -2.38. The molecule has 0 aliphatic heterocycles. The van der Waals surface area contributed by atoms with Gasteiger partial charge >= 0.3 is 0 Å². The highest BCUT2D eigenvalue weighted by Gasteiger charge is 2.14. The van der Waals surface area contributed by atoms with E-state index in [0.717, 1.165) is 18.4 Å². The molecule has 6 heteroatoms. The van der Waals surface area contributed by atoms with E-state index in [2.05, 4.69) is 17.5 Å². The first-order valence-electron chi connectivity index (χ1n) is 7.61. The van der Waals surface area contributed by atoms with Gasteiger partial charge in [-0.2, -0.15) is 0 Å². The van der Waals surface area contributed by atoms with Crippen LogP contribution in [0.5, 0.6) is 0 Å². The molecule has 0 aromatic heterocycles. The summed E-state index contributed by atoms with van der Waals surface area (Å²) in [5.41, 5.74) is 1.63. The standard InChI is InChI=1S/C18H18FNO2S2/c19-15-8-4-5-13(9-15)10-16(11-21)20-17(22)12-24-18(23)14-6-2-1-3-7-14/h2,4-9,11,16H,1,3,10,12H2,(H,20,22). The second-order valence-corrected chi connectivity index (χ2v) is 7.01. The molecule has 24 heavy (non-hydrogen) atoms. The Labute approximate surface area is 150 Å². The summed E-state index contributed by atoms with van der Waals surface area (Å²) in [4.78, 5) is 23.2. The summed E-state index contributed by atoms with van der Waals surface area (Å²) in [6, 6.07) is 5.31. The number of aldehydes is 1. The Hall–Kier alpha value is -1.79. The molecule has 1 unspecified atom stereocenters. The van der Waals surface area contributed by atoms with Gasteiger partial charge in [0.05, 0.1) is 16.0 Å². The van der Waals surface area contributed by atoms with Crippen LogP contribution in [0.3, 0.4) is 0 Å². The number of carbonyl (C=O) groups excluding carboxylic acids is 2. The molecular weight excluding hydrogens is 345 g/mol. The highest BCUT2D eigenvalue weighted by Crippen LogP contribution is 2.19. The summed E-state index contributed by atoms with van der Waals surface area (Å²) in [7, 11) is 0. The molecule has 0 fully saturated rings. The number of amides is 1. The number of allylic oxidation sites excluding steroid dienone is 3. The van der Waals surface area contributed by atoms with Gasteiger partial charge in [-0.15, -0.1) is 11.8 Å². The summed E-state index contributed by atoms with van der Waals surface area (Å²) >= 11 is 6.58. The molecule has 1 atom stereocenters. The molecule has 126 valence electrons. The normalized spacial score (nSPS) is 14.6. The fraction of sp³-hybridized carbons (Fsp3) is 0.278. The van der Waals surface area contributed by atoms with Crippen LogP contribution in [0.25, 0.3) is 0 Å². The van der Waals surface area contributed by atoms with Crippen LogP contribution in [0.15, 0.2) is 48.1 Å². The first kappa shape index (κ1) is 18.5. The SMILES string of the molecule is O=CC(Cc1cccc(F)c1)NC(=O)CSC(=S)C1=CCCC=C1. The van der Waals surface area contributed by atoms with Gasteiger partial charge < -0.3 is 10.1 Å². The Morgan fingerprint density at radius 1 is 1.42 bits per heavy atom. The van der Waals surface area contributed by atoms with Crippen LogP contribution in [0, 0.1) is 5.82 Å². The maximum absolute atomic E-state index is 13.2. The maximum Gasteiger partial charge on any atom is 0.230 e. The Balaban J connectivity index is 1.81. The molecule has 0 heterocycles. The van der Waals surface area contributed by atoms with Crippen LogP contribution >= 0.6 is 24.0 Å². The highest BCUT2D eigenvalue weighted by molar-refractivity contribution is 8.24. The van der Waals surface area contributed by atoms with Gasteiger partial charge in [-0.1, -0.05) is 42.6 Å². The van der Waals surface area contributed by atoms with E-state index in [1.54, 1.807) is 12.1 Å². The smallest absolute Gasteiger partial charge is 0.230 e. The Morgan fingerprint density at radius 3 is 2.92 bits per heavy atom. The van der Waals surface area contributed by atoms with Crippen molar-refractivity contribution >= 4 is 40.4 Å². The van der Waals surface area contributed by atoms with Gasteiger partial charge in [-0.3, -0.25) is 4.79 Å². The number of hydrogen-bond acceptors (Lipinski definition) is 4. The number of hydrogen-bond donors (Lipinski definition) is 1. The first-order chi connectivity index (χ1) is 11.6. The molecule has 1 aliphatic rings. The third-order valence-corrected chi connectivity index (χ3v) is 4.91. The fourth-order valence-electron chi connectivity index (χ4n) is 2.28. The van der Waals surface area contributed by atoms with Crippen molar-refractivity contribution in [1.29, 1.82) is 0 Å². The molecule has 1 N–H and O–H groups in total. The minimum absolute atomic E-state index is 0.150. The zero-order valence-electron chi connectivity index (χ0n) is 13.0. The zero-order chi connectivity index (χ0) is 17.4. The number of thiocarbonyl (C=S) groups is 1. The quantitative estimate of drug-likeness (QED) is 0.596. The molecule has 2 rings (SSSR count). The van der Waals surface area contributed by atoms with Crippen LogP contribution < -0.4 is 5.32 Å². The van der Waals surface area contributed by atoms with Crippen molar-refractivity contribution in [2.75, 3.05) is 5.75 Å². The molecule has 0 radical (unpaired) electrons. The molecule has 0 spiro atoms. The van der Waals surface area contributed by atoms with E-state index in [4.69, 9.17) is 12.2 Å². The Morgan fingerprint density at radius 2 is 2.25 bits per heavy atom. The minimum Gasteiger partial charge on any atom is -0.346 e. The second-order valence-electron chi connectivity index (χ2n) is 5.36. The van der Waals surface area contributed by atoms with Gasteiger partial charge in [0.1, 0.15) is 12.1 Å². The average Bonchev–Trinajstić information content (AvgIpc) is 2.60. The molecule has 1 aromatic rings. The molecule has 3 nitrogen and oxygen atoms in total. The van der Waals surface area contributed by atoms with Crippen molar-refractivity contribution in [3.05, 3.63) is 59.4 Å². The number of benzene rings is 1. The first-order valence-corrected chi connectivity index (χ1v) is 9.01. The number of carbonyl (C=O) groups is 2. The van der Waals surface area contributed by atoms with E-state index in [-0.39, 0.29) is 23.9 Å². The zero-order valence-corrected chi connectivity index (χ0v) is 14.7. The van der Waals surface area contributed by atoms with Crippen LogP contribution in [0.2, 0.25) is 0 Å². The lowest BCUT2D eigenvalue weighted by molar-refractivity contribution is -0.121. The van der Waals surface area contributed by atoms with Crippen molar-refractivity contribution < 1.29 is 14.0 Å². The highest BCUT2D eigenvalue weighted by atomic mass is 32.2. The van der Waals surface area contributed by atoms with Crippen LogP contribution in [0.1, 0.15) is 18.4 Å². The molecule has 1 aliphatic carbocycles. The van der Waals surface area contributed by atoms with Gasteiger partial charge in [0.2, 0.25) is 5.91 Å². The summed E-state index contributed by atoms with van der Waals surface area (Å²) in [5.74, 6) is -0.480. The van der Waals surface area contributed by atoms with E-state index in [1.165, 1.54) is 23.9 Å². The maximum atomic E-state index is 13.2. The van der Waals surface area contributed by atoms with Gasteiger partial charge in [0, 0.05) is 0 Å². The van der Waals surface area contributed by atoms with Gasteiger partial charge in [0.15, 0.2) is 0 Å². The number of halogens is 1. The van der Waals surface area contributed by atoms with Gasteiger partial charge in [-0.05, 0) is 42.5 Å². The second kappa shape index (κ2) is 9.49. The number of thioether (sulfide) groups is 1.